The molecule has 0 saturated carbocycles. The van der Waals surface area contributed by atoms with Crippen molar-refractivity contribution in [2.45, 2.75) is 52.6 Å². The van der Waals surface area contributed by atoms with Crippen LogP contribution < -0.4 is 0 Å². The minimum absolute atomic E-state index is 0.0198. The van der Waals surface area contributed by atoms with Gasteiger partial charge in [0.15, 0.2) is 5.78 Å². The number of allylic oxidation sites excluding steroid dienone is 4. The van der Waals surface area contributed by atoms with Crippen LogP contribution in [0.2, 0.25) is 0 Å². The normalized spacial score (nSPS) is 32.3. The second-order valence-electron chi connectivity index (χ2n) is 8.47. The van der Waals surface area contributed by atoms with Gasteiger partial charge in [-0.15, -0.1) is 6.58 Å². The lowest BCUT2D eigenvalue weighted by molar-refractivity contribution is -0.145. The van der Waals surface area contributed by atoms with Gasteiger partial charge in [0, 0.05) is 7.11 Å². The van der Waals surface area contributed by atoms with Crippen LogP contribution in [0.1, 0.15) is 47.0 Å². The number of hydrogen-bond donors (Lipinski definition) is 0. The number of rotatable bonds is 8. The van der Waals surface area contributed by atoms with E-state index in [-0.39, 0.29) is 29.8 Å². The Bertz CT molecular complexity index is 630. The van der Waals surface area contributed by atoms with E-state index >= 15 is 0 Å². The van der Waals surface area contributed by atoms with Crippen molar-refractivity contribution in [1.82, 2.24) is 0 Å². The van der Waals surface area contributed by atoms with Crippen LogP contribution in [0.25, 0.3) is 0 Å². The quantitative estimate of drug-likeness (QED) is 0.281. The summed E-state index contributed by atoms with van der Waals surface area (Å²) in [5.74, 6) is -0.207. The maximum absolute atomic E-state index is 13.0. The second kappa shape index (κ2) is 7.61. The molecule has 4 atom stereocenters. The molecule has 2 aliphatic carbocycles. The van der Waals surface area contributed by atoms with E-state index in [4.69, 9.17) is 9.47 Å². The molecule has 4 nitrogen and oxygen atoms in total. The summed E-state index contributed by atoms with van der Waals surface area (Å²) in [7, 11) is 1.58. The van der Waals surface area contributed by atoms with Crippen molar-refractivity contribution in [1.29, 1.82) is 0 Å². The molecule has 0 heterocycles. The van der Waals surface area contributed by atoms with E-state index in [1.807, 2.05) is 19.9 Å². The summed E-state index contributed by atoms with van der Waals surface area (Å²) >= 11 is 0. The summed E-state index contributed by atoms with van der Waals surface area (Å²) < 4.78 is 10.8. The van der Waals surface area contributed by atoms with Crippen LogP contribution in [0.3, 0.4) is 0 Å². The molecule has 4 heteroatoms. The van der Waals surface area contributed by atoms with E-state index in [1.165, 1.54) is 0 Å². The molecule has 0 fully saturated rings. The van der Waals surface area contributed by atoms with E-state index < -0.39 is 11.0 Å². The van der Waals surface area contributed by atoms with Crippen LogP contribution >= 0.6 is 0 Å². The number of carbonyl (C=O) groups is 2. The van der Waals surface area contributed by atoms with E-state index in [0.29, 0.717) is 12.8 Å². The summed E-state index contributed by atoms with van der Waals surface area (Å²) in [6, 6.07) is 0. The van der Waals surface area contributed by atoms with Gasteiger partial charge in [-0.1, -0.05) is 37.6 Å². The third kappa shape index (κ3) is 3.49. The first-order valence-corrected chi connectivity index (χ1v) is 9.30. The molecule has 0 amide bonds. The summed E-state index contributed by atoms with van der Waals surface area (Å²) in [6.07, 6.45) is 10.6. The molecule has 26 heavy (non-hydrogen) atoms. The van der Waals surface area contributed by atoms with Crippen LogP contribution in [0.15, 0.2) is 36.5 Å². The van der Waals surface area contributed by atoms with Gasteiger partial charge in [-0.3, -0.25) is 4.79 Å². The maximum Gasteiger partial charge on any atom is 0.169 e. The molecule has 0 saturated heterocycles. The minimum Gasteiger partial charge on any atom is -0.359 e. The molecule has 0 aliphatic heterocycles. The highest BCUT2D eigenvalue weighted by Gasteiger charge is 2.58. The van der Waals surface area contributed by atoms with Crippen LogP contribution in [0.4, 0.5) is 0 Å². The van der Waals surface area contributed by atoms with Crippen molar-refractivity contribution in [3.05, 3.63) is 36.5 Å². The predicted octanol–water partition coefficient (Wildman–Crippen LogP) is 4.26. The van der Waals surface area contributed by atoms with Gasteiger partial charge in [0.1, 0.15) is 13.1 Å². The maximum atomic E-state index is 13.0. The number of ketones is 1. The lowest BCUT2D eigenvalue weighted by Crippen LogP contribution is -2.55. The van der Waals surface area contributed by atoms with Crippen LogP contribution in [0, 0.1) is 22.7 Å². The van der Waals surface area contributed by atoms with Crippen molar-refractivity contribution in [3.8, 4) is 0 Å². The Morgan fingerprint density at radius 3 is 2.69 bits per heavy atom. The third-order valence-corrected chi connectivity index (χ3v) is 6.43. The topological polar surface area (TPSA) is 52.6 Å². The van der Waals surface area contributed by atoms with Crippen molar-refractivity contribution in [2.24, 2.45) is 22.7 Å². The molecule has 0 N–H and O–H groups in total. The van der Waals surface area contributed by atoms with Crippen LogP contribution in [-0.2, 0) is 19.1 Å². The number of ether oxygens (including phenoxy) is 2. The Morgan fingerprint density at radius 2 is 2.12 bits per heavy atom. The highest BCUT2D eigenvalue weighted by molar-refractivity contribution is 6.07. The van der Waals surface area contributed by atoms with Crippen molar-refractivity contribution in [3.63, 3.8) is 0 Å². The highest BCUT2D eigenvalue weighted by atomic mass is 16.7. The van der Waals surface area contributed by atoms with Gasteiger partial charge in [0.05, 0.1) is 11.0 Å². The Hall–Kier alpha value is -1.52. The largest absolute Gasteiger partial charge is 0.359 e. The zero-order valence-corrected chi connectivity index (χ0v) is 16.7. The fraction of sp³-hybridized carbons (Fsp3) is 0.636. The molecule has 0 bridgehead atoms. The SMILES string of the molecule is C=C[C@](C)(CC[C@H]1C(C)=CC[C@H]2C(C)(C)C=CC(=O)[C@@]12C=O)OCOC. The predicted molar refractivity (Wildman–Crippen MR) is 103 cm³/mol. The Balaban J connectivity index is 2.36. The van der Waals surface area contributed by atoms with Gasteiger partial charge >= 0.3 is 0 Å². The zero-order chi connectivity index (χ0) is 19.6. The molecule has 2 aliphatic rings. The van der Waals surface area contributed by atoms with Crippen molar-refractivity contribution < 1.29 is 19.1 Å². The van der Waals surface area contributed by atoms with Gasteiger partial charge in [0.2, 0.25) is 0 Å². The zero-order valence-electron chi connectivity index (χ0n) is 16.7. The first-order chi connectivity index (χ1) is 12.2. The first-order valence-electron chi connectivity index (χ1n) is 9.30. The van der Waals surface area contributed by atoms with Gasteiger partial charge in [-0.05, 0) is 56.4 Å². The average molecular weight is 360 g/mol. The van der Waals surface area contributed by atoms with Gasteiger partial charge < -0.3 is 14.3 Å². The van der Waals surface area contributed by atoms with Crippen molar-refractivity contribution >= 4 is 12.1 Å². The van der Waals surface area contributed by atoms with Gasteiger partial charge in [-0.2, -0.15) is 0 Å². The molecule has 2 rings (SSSR count). The second-order valence-corrected chi connectivity index (χ2v) is 8.47. The number of carbonyl (C=O) groups excluding carboxylic acids is 2. The van der Waals surface area contributed by atoms with Crippen LogP contribution in [0.5, 0.6) is 0 Å². The Kier molecular flexibility index (Phi) is 6.09. The van der Waals surface area contributed by atoms with Gasteiger partial charge in [0.25, 0.3) is 0 Å². The lowest BCUT2D eigenvalue weighted by atomic mass is 9.49. The number of aldehydes is 1. The fourth-order valence-electron chi connectivity index (χ4n) is 4.62. The lowest BCUT2D eigenvalue weighted by Gasteiger charge is -2.52. The average Bonchev–Trinajstić information content (AvgIpc) is 2.62. The Morgan fingerprint density at radius 1 is 1.42 bits per heavy atom. The summed E-state index contributed by atoms with van der Waals surface area (Å²) in [5, 5.41) is 0. The molecule has 0 aromatic carbocycles. The molecule has 0 radical (unpaired) electrons. The summed E-state index contributed by atoms with van der Waals surface area (Å²) in [6.45, 7) is 12.3. The molecular formula is C22H32O4. The molecular weight excluding hydrogens is 328 g/mol. The number of hydrogen-bond acceptors (Lipinski definition) is 4. The fourth-order valence-corrected chi connectivity index (χ4v) is 4.62. The first kappa shape index (κ1) is 20.8. The minimum atomic E-state index is -0.986. The number of fused-ring (bicyclic) bond motifs is 1. The highest BCUT2D eigenvalue weighted by Crippen LogP contribution is 2.56. The monoisotopic (exact) mass is 360 g/mol. The van der Waals surface area contributed by atoms with E-state index in [9.17, 15) is 9.59 Å². The Labute approximate surface area is 157 Å². The molecule has 0 aromatic heterocycles. The summed E-state index contributed by atoms with van der Waals surface area (Å²) in [5.41, 5.74) is -0.624. The van der Waals surface area contributed by atoms with E-state index in [2.05, 4.69) is 26.5 Å². The van der Waals surface area contributed by atoms with Crippen LogP contribution in [-0.4, -0.2) is 31.6 Å². The standard InChI is InChI=1S/C22H32O4/c1-7-21(5,26-15-25-6)13-10-17-16(2)8-9-18-20(3,4)12-11-19(24)22(17,18)14-23/h7-8,11-12,14,17-18H,1,9-10,13,15H2,2-6H3/t17-,18-,21+,22-/m0/s1. The molecule has 0 aromatic rings. The van der Waals surface area contributed by atoms with E-state index in [1.54, 1.807) is 19.3 Å². The molecule has 144 valence electrons. The van der Waals surface area contributed by atoms with E-state index in [0.717, 1.165) is 18.3 Å². The third-order valence-electron chi connectivity index (χ3n) is 6.43. The smallest absolute Gasteiger partial charge is 0.169 e. The van der Waals surface area contributed by atoms with Gasteiger partial charge in [-0.25, -0.2) is 0 Å². The number of methoxy groups -OCH3 is 1. The molecule has 0 unspecified atom stereocenters. The van der Waals surface area contributed by atoms with Crippen molar-refractivity contribution in [2.75, 3.05) is 13.9 Å². The molecule has 0 spiro atoms. The summed E-state index contributed by atoms with van der Waals surface area (Å²) in [4.78, 5) is 25.4.